The molecule has 3 unspecified atom stereocenters. The van der Waals surface area contributed by atoms with E-state index in [1.807, 2.05) is 25.2 Å². The number of hydrogen-bond acceptors (Lipinski definition) is 4. The molecule has 1 saturated carbocycles. The Morgan fingerprint density at radius 2 is 2.19 bits per heavy atom. The lowest BCUT2D eigenvalue weighted by Gasteiger charge is -2.45. The number of fused-ring (bicyclic) bond motifs is 1. The molecule has 2 aliphatic rings. The number of hydrogen-bond donors (Lipinski definition) is 2. The van der Waals surface area contributed by atoms with Crippen LogP contribution in [0.3, 0.4) is 0 Å². The second-order valence-electron chi connectivity index (χ2n) is 7.35. The van der Waals surface area contributed by atoms with Crippen LogP contribution in [0.2, 0.25) is 5.02 Å². The van der Waals surface area contributed by atoms with E-state index in [2.05, 4.69) is 5.10 Å². The minimum absolute atomic E-state index is 0.104. The van der Waals surface area contributed by atoms with Gasteiger partial charge in [-0.15, -0.1) is 0 Å². The molecule has 1 aliphatic carbocycles. The van der Waals surface area contributed by atoms with E-state index in [9.17, 15) is 14.7 Å². The lowest BCUT2D eigenvalue weighted by molar-refractivity contribution is -0.158. The smallest absolute Gasteiger partial charge is 0.254 e. The Morgan fingerprint density at radius 1 is 1.44 bits per heavy atom. The molecule has 3 N–H and O–H groups in total. The van der Waals surface area contributed by atoms with Gasteiger partial charge in [0.2, 0.25) is 5.91 Å². The van der Waals surface area contributed by atoms with Crippen molar-refractivity contribution in [3.63, 3.8) is 0 Å². The Balaban J connectivity index is 1.67. The highest BCUT2D eigenvalue weighted by Gasteiger charge is 2.52. The highest BCUT2D eigenvalue weighted by molar-refractivity contribution is 6.31. The summed E-state index contributed by atoms with van der Waals surface area (Å²) < 4.78 is 1.70. The molecule has 1 fully saturated rings. The van der Waals surface area contributed by atoms with Crippen LogP contribution < -0.4 is 5.73 Å². The summed E-state index contributed by atoms with van der Waals surface area (Å²) in [5.74, 6) is -1.19. The molecule has 0 spiro atoms. The third-order valence-electron chi connectivity index (χ3n) is 5.98. The Hall–Kier alpha value is -2.38. The monoisotopic (exact) mass is 388 g/mol. The van der Waals surface area contributed by atoms with Crippen molar-refractivity contribution >= 4 is 23.4 Å². The number of benzene rings is 1. The molecule has 8 heteroatoms. The van der Waals surface area contributed by atoms with E-state index in [1.165, 1.54) is 0 Å². The molecule has 1 aromatic heterocycles. The minimum atomic E-state index is -1.54. The van der Waals surface area contributed by atoms with Gasteiger partial charge in [0, 0.05) is 31.5 Å². The van der Waals surface area contributed by atoms with Gasteiger partial charge in [-0.1, -0.05) is 29.8 Å². The van der Waals surface area contributed by atoms with Crippen LogP contribution in [0, 0.1) is 5.92 Å². The van der Waals surface area contributed by atoms with Crippen LogP contribution in [0.25, 0.3) is 0 Å². The van der Waals surface area contributed by atoms with Crippen molar-refractivity contribution in [1.82, 2.24) is 14.7 Å². The molecule has 4 rings (SSSR count). The first kappa shape index (κ1) is 18.0. The average molecular weight is 389 g/mol. The minimum Gasteiger partial charge on any atom is -0.380 e. The molecule has 3 atom stereocenters. The van der Waals surface area contributed by atoms with E-state index in [0.717, 1.165) is 11.3 Å². The molecule has 2 heterocycles. The Kier molecular flexibility index (Phi) is 4.24. The fourth-order valence-corrected chi connectivity index (χ4v) is 4.39. The van der Waals surface area contributed by atoms with Gasteiger partial charge in [-0.05, 0) is 24.5 Å². The van der Waals surface area contributed by atoms with E-state index in [4.69, 9.17) is 17.3 Å². The van der Waals surface area contributed by atoms with Crippen LogP contribution in [0.15, 0.2) is 30.5 Å². The summed E-state index contributed by atoms with van der Waals surface area (Å²) in [6.45, 7) is 0.271. The molecule has 0 bridgehead atoms. The third kappa shape index (κ3) is 2.73. The average Bonchev–Trinajstić information content (AvgIpc) is 3.10. The van der Waals surface area contributed by atoms with E-state index >= 15 is 0 Å². The number of aryl methyl sites for hydroxylation is 1. The van der Waals surface area contributed by atoms with Gasteiger partial charge < -0.3 is 15.7 Å². The molecule has 2 amide bonds. The predicted octanol–water partition coefficient (Wildman–Crippen LogP) is 1.44. The first-order chi connectivity index (χ1) is 12.8. The highest BCUT2D eigenvalue weighted by Crippen LogP contribution is 2.43. The number of amides is 2. The molecule has 7 nitrogen and oxygen atoms in total. The molecule has 2 aromatic rings. The van der Waals surface area contributed by atoms with Crippen molar-refractivity contribution in [3.05, 3.63) is 52.3 Å². The van der Waals surface area contributed by atoms with Crippen LogP contribution in [0.4, 0.5) is 0 Å². The largest absolute Gasteiger partial charge is 0.380 e. The van der Waals surface area contributed by atoms with Crippen LogP contribution in [0.5, 0.6) is 0 Å². The summed E-state index contributed by atoms with van der Waals surface area (Å²) in [5.41, 5.74) is 6.23. The van der Waals surface area contributed by atoms with Crippen LogP contribution in [0.1, 0.15) is 40.5 Å². The van der Waals surface area contributed by atoms with Gasteiger partial charge in [0.15, 0.2) is 0 Å². The zero-order valence-corrected chi connectivity index (χ0v) is 15.7. The van der Waals surface area contributed by atoms with Gasteiger partial charge in [-0.25, -0.2) is 0 Å². The number of nitrogens with zero attached hydrogens (tertiary/aromatic N) is 3. The first-order valence-electron chi connectivity index (χ1n) is 8.91. The van der Waals surface area contributed by atoms with E-state index in [-0.39, 0.29) is 24.4 Å². The maximum atomic E-state index is 13.0. The van der Waals surface area contributed by atoms with Crippen LogP contribution in [-0.4, -0.2) is 43.7 Å². The number of aromatic nitrogens is 2. The third-order valence-corrected chi connectivity index (χ3v) is 6.29. The van der Waals surface area contributed by atoms with Gasteiger partial charge >= 0.3 is 0 Å². The molecule has 1 aromatic carbocycles. The summed E-state index contributed by atoms with van der Waals surface area (Å²) in [7, 11) is 1.81. The first-order valence-corrected chi connectivity index (χ1v) is 9.29. The van der Waals surface area contributed by atoms with E-state index in [1.54, 1.807) is 21.8 Å². The quantitative estimate of drug-likeness (QED) is 0.809. The molecule has 142 valence electrons. The lowest BCUT2D eigenvalue weighted by Crippen LogP contribution is -2.60. The number of carbonyl (C=O) groups is 2. The van der Waals surface area contributed by atoms with E-state index in [0.29, 0.717) is 29.8 Å². The fourth-order valence-electron chi connectivity index (χ4n) is 4.15. The number of primary amides is 1. The summed E-state index contributed by atoms with van der Waals surface area (Å²) in [4.78, 5) is 26.4. The van der Waals surface area contributed by atoms with Crippen molar-refractivity contribution in [3.8, 4) is 0 Å². The van der Waals surface area contributed by atoms with Gasteiger partial charge in [0.25, 0.3) is 5.91 Å². The van der Waals surface area contributed by atoms with Crippen LogP contribution >= 0.6 is 11.6 Å². The van der Waals surface area contributed by atoms with Crippen molar-refractivity contribution in [2.75, 3.05) is 6.54 Å². The molecule has 0 saturated heterocycles. The summed E-state index contributed by atoms with van der Waals surface area (Å²) in [6.07, 6.45) is 3.07. The second kappa shape index (κ2) is 6.35. The van der Waals surface area contributed by atoms with Gasteiger partial charge in [0.1, 0.15) is 5.60 Å². The fraction of sp³-hybridized carbons (Fsp3) is 0.421. The summed E-state index contributed by atoms with van der Waals surface area (Å²) in [5, 5.41) is 15.2. The Morgan fingerprint density at radius 3 is 2.78 bits per heavy atom. The van der Waals surface area contributed by atoms with E-state index < -0.39 is 11.5 Å². The highest BCUT2D eigenvalue weighted by atomic mass is 35.5. The summed E-state index contributed by atoms with van der Waals surface area (Å²) in [6, 6.07) is 7.23. The van der Waals surface area contributed by atoms with Gasteiger partial charge in [0.05, 0.1) is 23.0 Å². The topological polar surface area (TPSA) is 101 Å². The van der Waals surface area contributed by atoms with Crippen molar-refractivity contribution in [2.45, 2.75) is 30.9 Å². The zero-order valence-electron chi connectivity index (χ0n) is 14.9. The maximum Gasteiger partial charge on any atom is 0.254 e. The van der Waals surface area contributed by atoms with Crippen molar-refractivity contribution in [2.24, 2.45) is 18.7 Å². The molecular weight excluding hydrogens is 368 g/mol. The van der Waals surface area contributed by atoms with Crippen molar-refractivity contribution < 1.29 is 14.7 Å². The van der Waals surface area contributed by atoms with Gasteiger partial charge in [-0.2, -0.15) is 5.10 Å². The number of carbonyl (C=O) groups excluding carboxylic acids is 2. The van der Waals surface area contributed by atoms with Crippen molar-refractivity contribution in [1.29, 1.82) is 0 Å². The number of rotatable bonds is 5. The zero-order chi connectivity index (χ0) is 19.3. The normalized spacial score (nSPS) is 26.8. The Labute approximate surface area is 161 Å². The Bertz CT molecular complexity index is 908. The standard InChI is InChI=1S/C19H21ClN4O3/c1-23-16(14(20)9-22-23)8-15-12-4-2-3-5-13(12)17(25)24(15)10-11-6-7-19(11,27)18(21)26/h2-5,9,11,15,27H,6-8,10H2,1H3,(H2,21,26). The predicted molar refractivity (Wildman–Crippen MR) is 99.0 cm³/mol. The van der Waals surface area contributed by atoms with Crippen LogP contribution in [-0.2, 0) is 18.3 Å². The number of aliphatic hydroxyl groups is 1. The molecule has 0 radical (unpaired) electrons. The molecule has 27 heavy (non-hydrogen) atoms. The molecular formula is C19H21ClN4O3. The number of nitrogens with two attached hydrogens (primary N) is 1. The SMILES string of the molecule is Cn1ncc(Cl)c1CC1c2ccccc2C(=O)N1CC1CCC1(O)C(N)=O. The van der Waals surface area contributed by atoms with Gasteiger partial charge in [-0.3, -0.25) is 14.3 Å². The number of halogens is 1. The maximum absolute atomic E-state index is 13.0. The summed E-state index contributed by atoms with van der Waals surface area (Å²) >= 11 is 6.28. The second-order valence-corrected chi connectivity index (χ2v) is 7.76. The molecule has 1 aliphatic heterocycles. The lowest BCUT2D eigenvalue weighted by atomic mass is 9.68.